The zero-order valence-electron chi connectivity index (χ0n) is 20.2. The van der Waals surface area contributed by atoms with E-state index in [0.717, 1.165) is 16.5 Å². The van der Waals surface area contributed by atoms with Crippen LogP contribution in [0.15, 0.2) is 70.5 Å². The summed E-state index contributed by atoms with van der Waals surface area (Å²) >= 11 is 0. The van der Waals surface area contributed by atoms with Crippen molar-refractivity contribution in [1.82, 2.24) is 0 Å². The van der Waals surface area contributed by atoms with Crippen LogP contribution in [0.1, 0.15) is 44.3 Å². The quantitative estimate of drug-likeness (QED) is 0.164. The first-order chi connectivity index (χ1) is 17.7. The number of aryl methyl sites for hydroxylation is 3. The molecule has 1 unspecified atom stereocenters. The molecule has 3 aromatic carbocycles. The number of non-ortho nitro benzene ring substituents is 1. The van der Waals surface area contributed by atoms with E-state index < -0.39 is 16.8 Å². The summed E-state index contributed by atoms with van der Waals surface area (Å²) in [5.74, 6) is -0.749. The number of furan rings is 1. The summed E-state index contributed by atoms with van der Waals surface area (Å²) in [5, 5.41) is 21.6. The molecule has 37 heavy (non-hydrogen) atoms. The van der Waals surface area contributed by atoms with Gasteiger partial charge in [0, 0.05) is 34.7 Å². The van der Waals surface area contributed by atoms with Crippen molar-refractivity contribution in [3.05, 3.63) is 110 Å². The normalized spacial score (nSPS) is 14.6. The summed E-state index contributed by atoms with van der Waals surface area (Å²) in [5.41, 5.74) is 10.7. The Hall–Kier alpha value is -5.10. The summed E-state index contributed by atoms with van der Waals surface area (Å²) < 4.78 is 17.1. The fourth-order valence-corrected chi connectivity index (χ4v) is 4.77. The van der Waals surface area contributed by atoms with Crippen LogP contribution in [-0.4, -0.2) is 10.9 Å². The first kappa shape index (κ1) is 23.6. The summed E-state index contributed by atoms with van der Waals surface area (Å²) in [6, 6.07) is 16.6. The maximum atomic E-state index is 13.0. The summed E-state index contributed by atoms with van der Waals surface area (Å²) in [6.45, 7) is 5.73. The van der Waals surface area contributed by atoms with Gasteiger partial charge >= 0.3 is 5.97 Å². The van der Waals surface area contributed by atoms with Gasteiger partial charge in [-0.2, -0.15) is 5.26 Å². The zero-order chi connectivity index (χ0) is 26.4. The van der Waals surface area contributed by atoms with E-state index in [9.17, 15) is 20.2 Å². The van der Waals surface area contributed by atoms with E-state index in [-0.39, 0.29) is 28.7 Å². The van der Waals surface area contributed by atoms with Crippen molar-refractivity contribution >= 4 is 22.6 Å². The highest BCUT2D eigenvalue weighted by molar-refractivity contribution is 5.98. The number of fused-ring (bicyclic) bond motifs is 2. The molecule has 0 bridgehead atoms. The molecule has 5 rings (SSSR count). The number of esters is 1. The van der Waals surface area contributed by atoms with Crippen molar-refractivity contribution in [2.24, 2.45) is 5.73 Å². The molecule has 0 radical (unpaired) electrons. The third kappa shape index (κ3) is 4.04. The highest BCUT2D eigenvalue weighted by Gasteiger charge is 2.31. The molecule has 1 aromatic heterocycles. The van der Waals surface area contributed by atoms with Gasteiger partial charge in [-0.3, -0.25) is 10.1 Å². The molecule has 0 amide bonds. The molecule has 1 aliphatic heterocycles. The van der Waals surface area contributed by atoms with Crippen LogP contribution in [0.5, 0.6) is 11.5 Å². The Balaban J connectivity index is 1.49. The van der Waals surface area contributed by atoms with Crippen molar-refractivity contribution in [3.63, 3.8) is 0 Å². The Morgan fingerprint density at radius 2 is 1.84 bits per heavy atom. The van der Waals surface area contributed by atoms with Crippen LogP contribution < -0.4 is 15.2 Å². The van der Waals surface area contributed by atoms with E-state index in [1.807, 2.05) is 32.9 Å². The van der Waals surface area contributed by atoms with Gasteiger partial charge in [0.15, 0.2) is 0 Å². The number of nitro benzene ring substituents is 1. The van der Waals surface area contributed by atoms with Gasteiger partial charge in [-0.05, 0) is 49.6 Å². The van der Waals surface area contributed by atoms with E-state index in [1.54, 1.807) is 24.3 Å². The third-order valence-corrected chi connectivity index (χ3v) is 6.40. The van der Waals surface area contributed by atoms with Crippen LogP contribution in [0.3, 0.4) is 0 Å². The van der Waals surface area contributed by atoms with Gasteiger partial charge in [-0.1, -0.05) is 24.3 Å². The number of nitrogens with zero attached hydrogens (tertiary/aromatic N) is 2. The Labute approximate surface area is 211 Å². The Kier molecular flexibility index (Phi) is 5.65. The fraction of sp³-hybridized carbons (Fsp3) is 0.143. The van der Waals surface area contributed by atoms with Crippen LogP contribution in [0, 0.1) is 42.2 Å². The smallest absolute Gasteiger partial charge is 0.379 e. The molecule has 2 heterocycles. The summed E-state index contributed by atoms with van der Waals surface area (Å²) in [6.07, 6.45) is 0. The van der Waals surface area contributed by atoms with Crippen molar-refractivity contribution in [1.29, 1.82) is 5.26 Å². The first-order valence-electron chi connectivity index (χ1n) is 11.4. The molecule has 0 saturated carbocycles. The number of ether oxygens (including phenoxy) is 2. The molecule has 184 valence electrons. The van der Waals surface area contributed by atoms with Crippen molar-refractivity contribution in [2.75, 3.05) is 0 Å². The zero-order valence-corrected chi connectivity index (χ0v) is 20.2. The van der Waals surface area contributed by atoms with Crippen molar-refractivity contribution in [3.8, 4) is 17.6 Å². The second kappa shape index (κ2) is 8.84. The molecule has 9 heteroatoms. The SMILES string of the molecule is Cc1cc(C)c2c(C)c(C(=O)Oc3ccc4c(c3)OC(N)=C(C#N)C4c3ccc([N+](=O)[O-])cc3)oc2c1. The van der Waals surface area contributed by atoms with Gasteiger partial charge in [0.2, 0.25) is 11.6 Å². The Morgan fingerprint density at radius 3 is 2.51 bits per heavy atom. The number of rotatable bonds is 4. The lowest BCUT2D eigenvalue weighted by atomic mass is 9.83. The lowest BCUT2D eigenvalue weighted by molar-refractivity contribution is -0.384. The second-order valence-corrected chi connectivity index (χ2v) is 8.87. The van der Waals surface area contributed by atoms with E-state index in [4.69, 9.17) is 19.6 Å². The van der Waals surface area contributed by atoms with Crippen LogP contribution in [0.2, 0.25) is 0 Å². The van der Waals surface area contributed by atoms with E-state index in [1.165, 1.54) is 18.2 Å². The van der Waals surface area contributed by atoms with Crippen LogP contribution >= 0.6 is 0 Å². The highest BCUT2D eigenvalue weighted by Crippen LogP contribution is 2.43. The molecule has 1 aliphatic rings. The summed E-state index contributed by atoms with van der Waals surface area (Å²) in [4.78, 5) is 23.6. The molecular formula is C28H21N3O6. The van der Waals surface area contributed by atoms with Gasteiger partial charge in [0.05, 0.1) is 10.8 Å². The third-order valence-electron chi connectivity index (χ3n) is 6.40. The molecular weight excluding hydrogens is 474 g/mol. The summed E-state index contributed by atoms with van der Waals surface area (Å²) in [7, 11) is 0. The molecule has 0 saturated heterocycles. The molecule has 0 spiro atoms. The van der Waals surface area contributed by atoms with Gasteiger partial charge in [-0.15, -0.1) is 0 Å². The standard InChI is InChI=1S/C28H21N3O6/c1-14-10-15(2)24-16(3)26(36-23(24)11-14)28(32)35-19-8-9-20-22(12-19)37-27(30)21(13-29)25(20)17-4-6-18(7-5-17)31(33)34/h4-12,25H,30H2,1-3H3. The number of carbonyl (C=O) groups is 1. The minimum Gasteiger partial charge on any atom is -0.449 e. The molecule has 0 fully saturated rings. The second-order valence-electron chi connectivity index (χ2n) is 8.87. The maximum absolute atomic E-state index is 13.0. The predicted molar refractivity (Wildman–Crippen MR) is 134 cm³/mol. The lowest BCUT2D eigenvalue weighted by Gasteiger charge is -2.26. The first-order valence-corrected chi connectivity index (χ1v) is 11.4. The largest absolute Gasteiger partial charge is 0.449 e. The molecule has 1 atom stereocenters. The van der Waals surface area contributed by atoms with E-state index in [2.05, 4.69) is 6.07 Å². The van der Waals surface area contributed by atoms with Crippen LogP contribution in [-0.2, 0) is 0 Å². The number of allylic oxidation sites excluding steroid dienone is 1. The van der Waals surface area contributed by atoms with E-state index >= 15 is 0 Å². The number of nitro groups is 1. The number of benzene rings is 3. The van der Waals surface area contributed by atoms with Gasteiger partial charge in [-0.25, -0.2) is 4.79 Å². The number of carbonyl (C=O) groups excluding carboxylic acids is 1. The number of nitriles is 1. The van der Waals surface area contributed by atoms with Crippen LogP contribution in [0.25, 0.3) is 11.0 Å². The van der Waals surface area contributed by atoms with E-state index in [0.29, 0.717) is 28.0 Å². The Morgan fingerprint density at radius 1 is 1.11 bits per heavy atom. The minimum absolute atomic E-state index is 0.0695. The maximum Gasteiger partial charge on any atom is 0.379 e. The monoisotopic (exact) mass is 495 g/mol. The fourth-order valence-electron chi connectivity index (χ4n) is 4.77. The van der Waals surface area contributed by atoms with Gasteiger partial charge in [0.25, 0.3) is 5.69 Å². The van der Waals surface area contributed by atoms with Gasteiger partial charge < -0.3 is 19.6 Å². The van der Waals surface area contributed by atoms with Crippen LogP contribution in [0.4, 0.5) is 5.69 Å². The molecule has 0 aliphatic carbocycles. The predicted octanol–water partition coefficient (Wildman–Crippen LogP) is 5.70. The van der Waals surface area contributed by atoms with Crippen molar-refractivity contribution < 1.29 is 23.6 Å². The molecule has 9 nitrogen and oxygen atoms in total. The average Bonchev–Trinajstić information content (AvgIpc) is 3.19. The minimum atomic E-state index is -0.658. The lowest BCUT2D eigenvalue weighted by Crippen LogP contribution is -2.21. The topological polar surface area (TPSA) is 142 Å². The van der Waals surface area contributed by atoms with Crippen molar-refractivity contribution in [2.45, 2.75) is 26.7 Å². The average molecular weight is 495 g/mol. The number of hydrogen-bond donors (Lipinski definition) is 1. The number of hydrogen-bond acceptors (Lipinski definition) is 8. The number of nitrogens with two attached hydrogens (primary N) is 1. The molecule has 4 aromatic rings. The van der Waals surface area contributed by atoms with Gasteiger partial charge in [0.1, 0.15) is 28.7 Å². The highest BCUT2D eigenvalue weighted by atomic mass is 16.6. The Bertz CT molecular complexity index is 1680. The molecule has 2 N–H and O–H groups in total.